The van der Waals surface area contributed by atoms with Gasteiger partial charge in [-0.25, -0.2) is 10.1 Å². The summed E-state index contributed by atoms with van der Waals surface area (Å²) in [6, 6.07) is 7.29. The van der Waals surface area contributed by atoms with Crippen molar-refractivity contribution in [3.8, 4) is 11.6 Å². The second kappa shape index (κ2) is 8.26. The summed E-state index contributed by atoms with van der Waals surface area (Å²) in [7, 11) is 5.40. The minimum Gasteiger partial charge on any atom is -0.496 e. The molecular formula is C16H20N9O3+. The van der Waals surface area contributed by atoms with E-state index in [1.54, 1.807) is 13.2 Å². The number of carbonyl (C=O) groups is 1. The number of nitrogens with one attached hydrogen (secondary N) is 2. The number of hydrogen-bond donors (Lipinski definition) is 3. The van der Waals surface area contributed by atoms with Gasteiger partial charge in [-0.3, -0.25) is 4.79 Å². The van der Waals surface area contributed by atoms with Crippen molar-refractivity contribution in [2.75, 3.05) is 26.9 Å². The maximum atomic E-state index is 12.6. The molecule has 0 saturated carbocycles. The molecule has 2 heterocycles. The summed E-state index contributed by atoms with van der Waals surface area (Å²) in [5.74, 6) is 0.322. The van der Waals surface area contributed by atoms with Crippen LogP contribution in [-0.2, 0) is 6.54 Å². The number of nitrogens with two attached hydrogens (primary N) is 1. The Morgan fingerprint density at radius 1 is 1.39 bits per heavy atom. The summed E-state index contributed by atoms with van der Waals surface area (Å²) in [6.45, 7) is 0.429. The summed E-state index contributed by atoms with van der Waals surface area (Å²) < 4.78 is 11.2. The largest absolute Gasteiger partial charge is 0.496 e. The quantitative estimate of drug-likeness (QED) is 0.333. The molecule has 0 unspecified atom stereocenters. The van der Waals surface area contributed by atoms with Gasteiger partial charge in [0.15, 0.2) is 5.69 Å². The molecule has 0 fully saturated rings. The molecule has 12 heteroatoms. The van der Waals surface area contributed by atoms with Crippen LogP contribution in [0.3, 0.4) is 0 Å². The van der Waals surface area contributed by atoms with Crippen LogP contribution in [0.1, 0.15) is 21.7 Å². The highest BCUT2D eigenvalue weighted by atomic mass is 16.6. The molecule has 0 saturated heterocycles. The van der Waals surface area contributed by atoms with Crippen LogP contribution >= 0.6 is 0 Å². The summed E-state index contributed by atoms with van der Waals surface area (Å²) in [6.07, 6.45) is 1.48. The predicted molar refractivity (Wildman–Crippen MR) is 98.2 cm³/mol. The van der Waals surface area contributed by atoms with Gasteiger partial charge in [0.25, 0.3) is 5.91 Å². The Kier molecular flexibility index (Phi) is 5.60. The molecule has 146 valence electrons. The summed E-state index contributed by atoms with van der Waals surface area (Å²) >= 11 is 0. The second-order valence-corrected chi connectivity index (χ2v) is 6.09. The minimum absolute atomic E-state index is 0.0426. The highest BCUT2D eigenvalue weighted by molar-refractivity contribution is 5.94. The average molecular weight is 386 g/mol. The van der Waals surface area contributed by atoms with Crippen LogP contribution in [0, 0.1) is 0 Å². The van der Waals surface area contributed by atoms with E-state index in [1.807, 2.05) is 32.3 Å². The van der Waals surface area contributed by atoms with Crippen LogP contribution in [0.2, 0.25) is 0 Å². The maximum Gasteiger partial charge on any atom is 0.294 e. The van der Waals surface area contributed by atoms with E-state index in [0.717, 1.165) is 4.90 Å². The number of benzene rings is 1. The van der Waals surface area contributed by atoms with Gasteiger partial charge in [-0.15, -0.1) is 5.10 Å². The normalized spacial score (nSPS) is 11.3. The number of hydrazone groups is 1. The molecule has 2 aromatic heterocycles. The van der Waals surface area contributed by atoms with Gasteiger partial charge in [0.05, 0.1) is 27.4 Å². The number of nitrogens with zero attached hydrogens (tertiary/aromatic N) is 6. The van der Waals surface area contributed by atoms with E-state index in [2.05, 4.69) is 35.8 Å². The molecule has 28 heavy (non-hydrogen) atoms. The second-order valence-electron chi connectivity index (χ2n) is 6.09. The number of hydrogen-bond acceptors (Lipinski definition) is 9. The Bertz CT molecular complexity index is 993. The zero-order valence-corrected chi connectivity index (χ0v) is 15.6. The average Bonchev–Trinajstić information content (AvgIpc) is 3.27. The van der Waals surface area contributed by atoms with Gasteiger partial charge in [-0.05, 0) is 22.4 Å². The number of amides is 1. The van der Waals surface area contributed by atoms with Crippen LogP contribution in [0.25, 0.3) is 5.82 Å². The highest BCUT2D eigenvalue weighted by Gasteiger charge is 2.25. The molecule has 0 radical (unpaired) electrons. The Balaban J connectivity index is 1.84. The van der Waals surface area contributed by atoms with Crippen LogP contribution in [-0.4, -0.2) is 58.6 Å². The zero-order valence-electron chi connectivity index (χ0n) is 15.6. The third-order valence-electron chi connectivity index (χ3n) is 3.70. The first-order chi connectivity index (χ1) is 13.5. The van der Waals surface area contributed by atoms with E-state index < -0.39 is 5.91 Å². The molecular weight excluding hydrogens is 366 g/mol. The molecule has 1 amide bonds. The lowest BCUT2D eigenvalue weighted by Crippen LogP contribution is -3.04. The fourth-order valence-electron chi connectivity index (χ4n) is 2.47. The van der Waals surface area contributed by atoms with Crippen molar-refractivity contribution in [2.45, 2.75) is 6.54 Å². The molecule has 3 aromatic rings. The fraction of sp³-hybridized carbons (Fsp3) is 0.250. The third-order valence-corrected chi connectivity index (χ3v) is 3.70. The minimum atomic E-state index is -0.524. The number of anilines is 1. The molecule has 1 aromatic carbocycles. The van der Waals surface area contributed by atoms with Crippen LogP contribution < -0.4 is 20.8 Å². The molecule has 3 rings (SSSR count). The summed E-state index contributed by atoms with van der Waals surface area (Å²) in [5.41, 5.74) is 9.48. The first-order valence-corrected chi connectivity index (χ1v) is 8.29. The third kappa shape index (κ3) is 3.96. The van der Waals surface area contributed by atoms with Gasteiger partial charge in [0.1, 0.15) is 18.0 Å². The lowest BCUT2D eigenvalue weighted by molar-refractivity contribution is -0.873. The van der Waals surface area contributed by atoms with Crippen LogP contribution in [0.4, 0.5) is 5.82 Å². The number of methoxy groups -OCH3 is 1. The van der Waals surface area contributed by atoms with Crippen molar-refractivity contribution in [1.82, 2.24) is 30.7 Å². The Labute approximate surface area is 159 Å². The van der Waals surface area contributed by atoms with E-state index >= 15 is 0 Å². The molecule has 0 aliphatic rings. The zero-order chi connectivity index (χ0) is 20.1. The van der Waals surface area contributed by atoms with Gasteiger partial charge >= 0.3 is 0 Å². The van der Waals surface area contributed by atoms with Gasteiger partial charge in [-0.1, -0.05) is 17.3 Å². The summed E-state index contributed by atoms with van der Waals surface area (Å²) in [5, 5.41) is 19.1. The maximum absolute atomic E-state index is 12.6. The Morgan fingerprint density at radius 3 is 2.86 bits per heavy atom. The molecule has 0 bridgehead atoms. The molecule has 0 spiro atoms. The summed E-state index contributed by atoms with van der Waals surface area (Å²) in [4.78, 5) is 13.6. The highest BCUT2D eigenvalue weighted by Crippen LogP contribution is 2.16. The monoisotopic (exact) mass is 386 g/mol. The van der Waals surface area contributed by atoms with Crippen molar-refractivity contribution in [3.63, 3.8) is 0 Å². The number of carbonyl (C=O) groups excluding carboxylic acids is 1. The molecule has 4 N–H and O–H groups in total. The van der Waals surface area contributed by atoms with Crippen molar-refractivity contribution >= 4 is 17.9 Å². The molecule has 0 aliphatic carbocycles. The molecule has 0 aliphatic heterocycles. The van der Waals surface area contributed by atoms with Gasteiger partial charge < -0.3 is 15.4 Å². The van der Waals surface area contributed by atoms with Crippen molar-refractivity contribution in [1.29, 1.82) is 0 Å². The first kappa shape index (κ1) is 19.0. The van der Waals surface area contributed by atoms with Crippen molar-refractivity contribution in [2.24, 2.45) is 5.10 Å². The smallest absolute Gasteiger partial charge is 0.294 e. The number of para-hydroxylation sites is 1. The molecule has 0 atom stereocenters. The lowest BCUT2D eigenvalue weighted by Gasteiger charge is -2.09. The van der Waals surface area contributed by atoms with E-state index in [-0.39, 0.29) is 17.3 Å². The van der Waals surface area contributed by atoms with Gasteiger partial charge in [0, 0.05) is 5.56 Å². The van der Waals surface area contributed by atoms with E-state index in [9.17, 15) is 4.79 Å². The fourth-order valence-corrected chi connectivity index (χ4v) is 2.47. The van der Waals surface area contributed by atoms with E-state index in [1.165, 1.54) is 10.9 Å². The SMILES string of the molecule is COc1ccccc1/C=N\NC(=O)c1nnn(-c2nonc2N)c1C[NH+](C)C. The number of aromatic nitrogens is 5. The Morgan fingerprint density at radius 2 is 2.18 bits per heavy atom. The van der Waals surface area contributed by atoms with Gasteiger partial charge in [-0.2, -0.15) is 9.78 Å². The van der Waals surface area contributed by atoms with Crippen LogP contribution in [0.5, 0.6) is 5.75 Å². The number of quaternary nitrogens is 1. The number of nitrogen functional groups attached to an aromatic ring is 1. The van der Waals surface area contributed by atoms with Crippen LogP contribution in [0.15, 0.2) is 34.0 Å². The standard InChI is InChI=1S/C16H19N9O3/c1-24(2)9-11-13(19-23-25(11)15-14(17)21-28-22-15)16(26)20-18-8-10-6-4-5-7-12(10)27-3/h4-8H,9H2,1-3H3,(H2,17,21)(H,20,26)/p+1/b18-8-. The number of ether oxygens (including phenoxy) is 1. The molecule has 12 nitrogen and oxygen atoms in total. The lowest BCUT2D eigenvalue weighted by atomic mass is 10.2. The van der Waals surface area contributed by atoms with Gasteiger partial charge in [0.2, 0.25) is 11.6 Å². The first-order valence-electron chi connectivity index (χ1n) is 8.29. The van der Waals surface area contributed by atoms with E-state index in [4.69, 9.17) is 10.5 Å². The number of rotatable bonds is 7. The predicted octanol–water partition coefficient (Wildman–Crippen LogP) is -1.35. The van der Waals surface area contributed by atoms with Crippen molar-refractivity contribution < 1.29 is 19.1 Å². The van der Waals surface area contributed by atoms with Crippen molar-refractivity contribution in [3.05, 3.63) is 41.2 Å². The Hall–Kier alpha value is -3.80. The van der Waals surface area contributed by atoms with E-state index in [0.29, 0.717) is 23.6 Å². The topological polar surface area (TPSA) is 151 Å².